The minimum absolute atomic E-state index is 0.192. The van der Waals surface area contributed by atoms with E-state index in [-0.39, 0.29) is 12.4 Å². The average molecular weight is 251 g/mol. The van der Waals surface area contributed by atoms with Crippen LogP contribution in [0, 0.1) is 5.82 Å². The first-order valence-electron chi connectivity index (χ1n) is 5.53. The third kappa shape index (κ3) is 3.01. The van der Waals surface area contributed by atoms with Crippen molar-refractivity contribution in [1.29, 1.82) is 0 Å². The monoisotopic (exact) mass is 251 g/mol. The number of tetrazole rings is 1. The van der Waals surface area contributed by atoms with Gasteiger partial charge in [-0.25, -0.2) is 4.39 Å². The van der Waals surface area contributed by atoms with Crippen molar-refractivity contribution in [2.45, 2.75) is 13.0 Å². The summed E-state index contributed by atoms with van der Waals surface area (Å²) in [6, 6.07) is 4.35. The van der Waals surface area contributed by atoms with Crippen LogP contribution in [0.25, 0.3) is 0 Å². The second-order valence-corrected chi connectivity index (χ2v) is 3.77. The smallest absolute Gasteiger partial charge is 0.212 e. The first-order chi connectivity index (χ1) is 8.69. The molecule has 0 aliphatic rings. The van der Waals surface area contributed by atoms with Crippen LogP contribution in [0.3, 0.4) is 0 Å². The van der Waals surface area contributed by atoms with Crippen LogP contribution in [0.5, 0.6) is 5.75 Å². The lowest BCUT2D eigenvalue weighted by atomic mass is 10.1. The second kappa shape index (κ2) is 5.54. The maximum Gasteiger partial charge on any atom is 0.212 e. The van der Waals surface area contributed by atoms with Gasteiger partial charge in [0.15, 0.2) is 6.61 Å². The molecule has 6 nitrogen and oxygen atoms in total. The highest BCUT2D eigenvalue weighted by atomic mass is 19.1. The number of aromatic nitrogens is 4. The van der Waals surface area contributed by atoms with Crippen LogP contribution in [0.15, 0.2) is 18.2 Å². The molecule has 1 heterocycles. The molecule has 0 amide bonds. The molecule has 1 aromatic heterocycles. The van der Waals surface area contributed by atoms with Gasteiger partial charge in [-0.2, -0.15) is 4.80 Å². The minimum atomic E-state index is -0.302. The number of hydrogen-bond donors (Lipinski definition) is 1. The van der Waals surface area contributed by atoms with Crippen LogP contribution in [0.1, 0.15) is 11.4 Å². The average Bonchev–Trinajstić information content (AvgIpc) is 2.75. The van der Waals surface area contributed by atoms with E-state index in [1.54, 1.807) is 13.1 Å². The predicted molar refractivity (Wildman–Crippen MR) is 62.3 cm³/mol. The molecule has 0 spiro atoms. The molecule has 2 N–H and O–H groups in total. The van der Waals surface area contributed by atoms with Crippen LogP contribution in [-0.2, 0) is 20.1 Å². The first kappa shape index (κ1) is 12.4. The van der Waals surface area contributed by atoms with Gasteiger partial charge in [-0.05, 0) is 41.9 Å². The molecule has 0 bridgehead atoms. The van der Waals surface area contributed by atoms with E-state index in [0.717, 1.165) is 5.56 Å². The Morgan fingerprint density at radius 3 is 2.94 bits per heavy atom. The van der Waals surface area contributed by atoms with E-state index >= 15 is 0 Å². The standard InChI is InChI=1S/C11H14FN5O/c1-17-15-11(14-16-17)7-18-10-3-2-9(12)6-8(10)4-5-13/h2-3,6H,4-5,7,13H2,1H3. The molecule has 0 unspecified atom stereocenters. The molecule has 0 aliphatic heterocycles. The molecule has 2 rings (SSSR count). The van der Waals surface area contributed by atoms with Crippen molar-refractivity contribution < 1.29 is 9.13 Å². The van der Waals surface area contributed by atoms with Crippen molar-refractivity contribution in [2.24, 2.45) is 12.8 Å². The SMILES string of the molecule is Cn1nnc(COc2ccc(F)cc2CCN)n1. The van der Waals surface area contributed by atoms with Gasteiger partial charge in [0.05, 0.1) is 7.05 Å². The molecule has 7 heteroatoms. The number of aryl methyl sites for hydroxylation is 1. The Morgan fingerprint density at radius 2 is 2.28 bits per heavy atom. The van der Waals surface area contributed by atoms with E-state index < -0.39 is 0 Å². The van der Waals surface area contributed by atoms with Crippen molar-refractivity contribution >= 4 is 0 Å². The fourth-order valence-corrected chi connectivity index (χ4v) is 1.56. The Balaban J connectivity index is 2.08. The van der Waals surface area contributed by atoms with Crippen molar-refractivity contribution in [3.63, 3.8) is 0 Å². The zero-order valence-corrected chi connectivity index (χ0v) is 10.0. The van der Waals surface area contributed by atoms with E-state index in [4.69, 9.17) is 10.5 Å². The number of hydrogen-bond acceptors (Lipinski definition) is 5. The summed E-state index contributed by atoms with van der Waals surface area (Å²) in [7, 11) is 1.67. The summed E-state index contributed by atoms with van der Waals surface area (Å²) in [4.78, 5) is 1.35. The summed E-state index contributed by atoms with van der Waals surface area (Å²) in [6.45, 7) is 0.625. The van der Waals surface area contributed by atoms with Crippen LogP contribution < -0.4 is 10.5 Å². The second-order valence-electron chi connectivity index (χ2n) is 3.77. The molecule has 0 saturated heterocycles. The highest BCUT2D eigenvalue weighted by molar-refractivity contribution is 5.34. The third-order valence-electron chi connectivity index (χ3n) is 2.34. The third-order valence-corrected chi connectivity index (χ3v) is 2.34. The molecule has 0 saturated carbocycles. The molecule has 1 aromatic carbocycles. The molecule has 0 aliphatic carbocycles. The van der Waals surface area contributed by atoms with Crippen LogP contribution in [0.2, 0.25) is 0 Å². The van der Waals surface area contributed by atoms with E-state index in [1.165, 1.54) is 16.9 Å². The number of benzene rings is 1. The molecular formula is C11H14FN5O. The highest BCUT2D eigenvalue weighted by Crippen LogP contribution is 2.20. The van der Waals surface area contributed by atoms with Crippen LogP contribution in [0.4, 0.5) is 4.39 Å². The molecule has 2 aromatic rings. The summed E-state index contributed by atoms with van der Waals surface area (Å²) >= 11 is 0. The number of nitrogens with two attached hydrogens (primary N) is 1. The maximum absolute atomic E-state index is 13.1. The molecule has 18 heavy (non-hydrogen) atoms. The molecule has 0 radical (unpaired) electrons. The van der Waals surface area contributed by atoms with E-state index in [1.807, 2.05) is 0 Å². The summed E-state index contributed by atoms with van der Waals surface area (Å²) in [6.07, 6.45) is 0.557. The molecule has 0 fully saturated rings. The topological polar surface area (TPSA) is 78.8 Å². The summed E-state index contributed by atoms with van der Waals surface area (Å²) in [5.41, 5.74) is 6.21. The van der Waals surface area contributed by atoms with Gasteiger partial charge >= 0.3 is 0 Å². The molecular weight excluding hydrogens is 237 g/mol. The fraction of sp³-hybridized carbons (Fsp3) is 0.364. The minimum Gasteiger partial charge on any atom is -0.485 e. The lowest BCUT2D eigenvalue weighted by molar-refractivity contribution is 0.292. The lowest BCUT2D eigenvalue weighted by Crippen LogP contribution is -2.06. The number of rotatable bonds is 5. The van der Waals surface area contributed by atoms with Crippen molar-refractivity contribution in [2.75, 3.05) is 6.54 Å². The Labute approximate surface area is 104 Å². The van der Waals surface area contributed by atoms with Gasteiger partial charge in [0, 0.05) is 0 Å². The van der Waals surface area contributed by atoms with Gasteiger partial charge in [0.2, 0.25) is 5.82 Å². The van der Waals surface area contributed by atoms with Gasteiger partial charge in [-0.15, -0.1) is 10.2 Å². The van der Waals surface area contributed by atoms with E-state index in [0.29, 0.717) is 24.5 Å². The summed E-state index contributed by atoms with van der Waals surface area (Å²) in [5, 5.41) is 11.5. The summed E-state index contributed by atoms with van der Waals surface area (Å²) < 4.78 is 18.6. The largest absolute Gasteiger partial charge is 0.485 e. The number of ether oxygens (including phenoxy) is 1. The molecule has 0 atom stereocenters. The maximum atomic E-state index is 13.1. The Kier molecular flexibility index (Phi) is 3.83. The number of nitrogens with zero attached hydrogens (tertiary/aromatic N) is 4. The summed E-state index contributed by atoms with van der Waals surface area (Å²) in [5.74, 6) is 0.762. The van der Waals surface area contributed by atoms with E-state index in [9.17, 15) is 4.39 Å². The van der Waals surface area contributed by atoms with E-state index in [2.05, 4.69) is 15.4 Å². The van der Waals surface area contributed by atoms with Crippen LogP contribution in [-0.4, -0.2) is 26.8 Å². The Morgan fingerprint density at radius 1 is 1.44 bits per heavy atom. The highest BCUT2D eigenvalue weighted by Gasteiger charge is 2.07. The van der Waals surface area contributed by atoms with Gasteiger partial charge in [0.25, 0.3) is 0 Å². The molecule has 96 valence electrons. The van der Waals surface area contributed by atoms with Crippen molar-refractivity contribution in [3.8, 4) is 5.75 Å². The van der Waals surface area contributed by atoms with Gasteiger partial charge in [-0.3, -0.25) is 0 Å². The van der Waals surface area contributed by atoms with Crippen molar-refractivity contribution in [1.82, 2.24) is 20.2 Å². The number of halogens is 1. The Hall–Kier alpha value is -2.02. The first-order valence-corrected chi connectivity index (χ1v) is 5.53. The van der Waals surface area contributed by atoms with Gasteiger partial charge in [0.1, 0.15) is 11.6 Å². The predicted octanol–water partition coefficient (Wildman–Crippen LogP) is 0.429. The zero-order chi connectivity index (χ0) is 13.0. The van der Waals surface area contributed by atoms with Gasteiger partial charge < -0.3 is 10.5 Å². The fourth-order valence-electron chi connectivity index (χ4n) is 1.56. The van der Waals surface area contributed by atoms with Crippen LogP contribution >= 0.6 is 0 Å². The van der Waals surface area contributed by atoms with Gasteiger partial charge in [-0.1, -0.05) is 0 Å². The Bertz CT molecular complexity index is 528. The quantitative estimate of drug-likeness (QED) is 0.833. The normalized spacial score (nSPS) is 10.6. The lowest BCUT2D eigenvalue weighted by Gasteiger charge is -2.09. The zero-order valence-electron chi connectivity index (χ0n) is 10.0. The van der Waals surface area contributed by atoms with Crippen molar-refractivity contribution in [3.05, 3.63) is 35.4 Å².